The molecule has 0 N–H and O–H groups in total. The fraction of sp³-hybridized carbons (Fsp3) is 0.769. The van der Waals surface area contributed by atoms with Crippen molar-refractivity contribution >= 4 is 17.5 Å². The summed E-state index contributed by atoms with van der Waals surface area (Å²) in [4.78, 5) is 26.5. The van der Waals surface area contributed by atoms with Gasteiger partial charge in [-0.3, -0.25) is 4.79 Å². The first-order valence-electron chi connectivity index (χ1n) is 5.99. The monoisotopic (exact) mass is 254 g/mol. The lowest BCUT2D eigenvalue weighted by molar-refractivity contribution is -0.143. The molecule has 102 valence electrons. The minimum absolute atomic E-state index is 0.0750. The molecule has 0 heterocycles. The van der Waals surface area contributed by atoms with Gasteiger partial charge < -0.3 is 10.3 Å². The second-order valence-electron chi connectivity index (χ2n) is 6.12. The second kappa shape index (κ2) is 5.91. The maximum absolute atomic E-state index is 12.2. The van der Waals surface area contributed by atoms with Gasteiger partial charge in [0.2, 0.25) is 0 Å². The molecule has 0 aromatic rings. The summed E-state index contributed by atoms with van der Waals surface area (Å²) in [5, 5.41) is 0. The van der Waals surface area contributed by atoms with Crippen LogP contribution >= 0.6 is 0 Å². The highest BCUT2D eigenvalue weighted by molar-refractivity contribution is 6.63. The molecule has 0 aromatic carbocycles. The second-order valence-corrected chi connectivity index (χ2v) is 6.12. The zero-order chi connectivity index (χ0) is 14.6. The minimum atomic E-state index is -0.882. The molecule has 5 nitrogen and oxygen atoms in total. The van der Waals surface area contributed by atoms with Gasteiger partial charge in [0, 0.05) is 5.41 Å². The van der Waals surface area contributed by atoms with Gasteiger partial charge in [0.1, 0.15) is 0 Å². The van der Waals surface area contributed by atoms with Crippen LogP contribution < -0.4 is 0 Å². The Balaban J connectivity index is 5.13. The Morgan fingerprint density at radius 2 is 1.67 bits per heavy atom. The van der Waals surface area contributed by atoms with Gasteiger partial charge in [0.05, 0.1) is 6.61 Å². The number of carbonyl (C=O) groups excluding carboxylic acids is 2. The summed E-state index contributed by atoms with van der Waals surface area (Å²) in [5.41, 5.74) is 7.43. The highest BCUT2D eigenvalue weighted by Crippen LogP contribution is 2.34. The van der Waals surface area contributed by atoms with Gasteiger partial charge in [0.15, 0.2) is 0 Å². The van der Waals surface area contributed by atoms with Gasteiger partial charge >= 0.3 is 11.7 Å². The molecular formula is C13H22N2O3. The first kappa shape index (κ1) is 16.5. The van der Waals surface area contributed by atoms with E-state index < -0.39 is 22.9 Å². The molecule has 0 aliphatic rings. The molecule has 0 bridgehead atoms. The molecule has 0 rings (SSSR count). The molecule has 0 unspecified atom stereocenters. The third-order valence-corrected chi connectivity index (χ3v) is 2.37. The van der Waals surface area contributed by atoms with E-state index in [1.165, 1.54) is 0 Å². The molecule has 0 fully saturated rings. The third kappa shape index (κ3) is 4.80. The highest BCUT2D eigenvalue weighted by atomic mass is 16.5. The van der Waals surface area contributed by atoms with E-state index in [2.05, 4.69) is 4.79 Å². The molecule has 5 heteroatoms. The van der Waals surface area contributed by atoms with Gasteiger partial charge in [-0.05, 0) is 18.8 Å². The van der Waals surface area contributed by atoms with Crippen LogP contribution in [0.15, 0.2) is 0 Å². The zero-order valence-electron chi connectivity index (χ0n) is 12.0. The summed E-state index contributed by atoms with van der Waals surface area (Å²) in [6, 6.07) is 0. The van der Waals surface area contributed by atoms with Crippen LogP contribution in [-0.4, -0.2) is 28.9 Å². The van der Waals surface area contributed by atoms with Crippen LogP contribution in [0.3, 0.4) is 0 Å². The molecule has 0 atom stereocenters. The number of hydrogen-bond donors (Lipinski definition) is 0. The quantitative estimate of drug-likeness (QED) is 0.248. The van der Waals surface area contributed by atoms with Crippen molar-refractivity contribution < 1.29 is 19.1 Å². The Kier molecular flexibility index (Phi) is 5.43. The van der Waals surface area contributed by atoms with E-state index in [0.29, 0.717) is 6.42 Å². The van der Waals surface area contributed by atoms with Gasteiger partial charge in [-0.25, -0.2) is 4.79 Å². The molecule has 0 amide bonds. The normalized spacial score (nSPS) is 11.7. The SMILES string of the molecule is CCOC(=O)C(=[N+]=[N-])C(=O)C(C)(C)CC(C)(C)C. The number of rotatable bonds is 5. The Morgan fingerprint density at radius 3 is 2.00 bits per heavy atom. The molecule has 0 spiro atoms. The Bertz CT molecular complexity index is 386. The van der Waals surface area contributed by atoms with Gasteiger partial charge in [-0.15, -0.1) is 0 Å². The van der Waals surface area contributed by atoms with E-state index in [0.717, 1.165) is 0 Å². The van der Waals surface area contributed by atoms with Crippen LogP contribution in [0.1, 0.15) is 48.0 Å². The molecule has 0 radical (unpaired) electrons. The Morgan fingerprint density at radius 1 is 1.17 bits per heavy atom. The summed E-state index contributed by atoms with van der Waals surface area (Å²) < 4.78 is 4.69. The largest absolute Gasteiger partial charge is 0.457 e. The average molecular weight is 254 g/mol. The van der Waals surface area contributed by atoms with Gasteiger partial charge in [-0.1, -0.05) is 34.6 Å². The zero-order valence-corrected chi connectivity index (χ0v) is 12.0. The molecule has 18 heavy (non-hydrogen) atoms. The maximum atomic E-state index is 12.2. The lowest BCUT2D eigenvalue weighted by Gasteiger charge is -2.29. The molecule has 0 saturated carbocycles. The molecule has 0 saturated heterocycles. The minimum Gasteiger partial charge on any atom is -0.457 e. The maximum Gasteiger partial charge on any atom is 0.442 e. The summed E-state index contributed by atoms with van der Waals surface area (Å²) in [5.74, 6) is -1.38. The number of nitrogens with zero attached hydrogens (tertiary/aromatic N) is 2. The van der Waals surface area contributed by atoms with E-state index in [4.69, 9.17) is 10.3 Å². The predicted octanol–water partition coefficient (Wildman–Crippen LogP) is 2.25. The van der Waals surface area contributed by atoms with Crippen LogP contribution in [-0.2, 0) is 14.3 Å². The summed E-state index contributed by atoms with van der Waals surface area (Å²) >= 11 is 0. The van der Waals surface area contributed by atoms with Crippen molar-refractivity contribution in [2.24, 2.45) is 10.8 Å². The number of ketones is 1. The van der Waals surface area contributed by atoms with Crippen LogP contribution in [0.2, 0.25) is 0 Å². The number of carbonyl (C=O) groups is 2. The van der Waals surface area contributed by atoms with E-state index in [-0.39, 0.29) is 12.0 Å². The van der Waals surface area contributed by atoms with Crippen LogP contribution in [0, 0.1) is 10.8 Å². The van der Waals surface area contributed by atoms with E-state index in [9.17, 15) is 9.59 Å². The summed E-state index contributed by atoms with van der Waals surface area (Å²) in [6.07, 6.45) is 0.567. The average Bonchev–Trinajstić information content (AvgIpc) is 2.15. The van der Waals surface area contributed by atoms with Crippen molar-refractivity contribution in [2.45, 2.75) is 48.0 Å². The van der Waals surface area contributed by atoms with Gasteiger partial charge in [0.25, 0.3) is 5.78 Å². The molecule has 0 aliphatic carbocycles. The fourth-order valence-corrected chi connectivity index (χ4v) is 2.11. The van der Waals surface area contributed by atoms with E-state index in [1.54, 1.807) is 20.8 Å². The molecular weight excluding hydrogens is 232 g/mol. The van der Waals surface area contributed by atoms with Crippen molar-refractivity contribution in [3.05, 3.63) is 5.53 Å². The standard InChI is InChI=1S/C13H22N2O3/c1-7-18-11(17)9(15-14)10(16)13(5,6)8-12(2,3)4/h7-8H2,1-6H3. The lowest BCUT2D eigenvalue weighted by atomic mass is 9.73. The van der Waals surface area contributed by atoms with Crippen molar-refractivity contribution in [1.82, 2.24) is 0 Å². The topological polar surface area (TPSA) is 79.8 Å². The number of hydrogen-bond acceptors (Lipinski definition) is 3. The van der Waals surface area contributed by atoms with Crippen LogP contribution in [0.5, 0.6) is 0 Å². The number of Topliss-reactive ketones (excluding diaryl/α,β-unsaturated/α-hetero) is 1. The van der Waals surface area contributed by atoms with E-state index in [1.807, 2.05) is 20.8 Å². The molecule has 0 aromatic heterocycles. The first-order chi connectivity index (χ1) is 8.05. The lowest BCUT2D eigenvalue weighted by Crippen LogP contribution is -2.39. The van der Waals surface area contributed by atoms with Crippen molar-refractivity contribution in [3.63, 3.8) is 0 Å². The smallest absolute Gasteiger partial charge is 0.442 e. The third-order valence-electron chi connectivity index (χ3n) is 2.37. The first-order valence-corrected chi connectivity index (χ1v) is 5.99. The summed E-state index contributed by atoms with van der Waals surface area (Å²) in [7, 11) is 0. The van der Waals surface area contributed by atoms with Crippen molar-refractivity contribution in [1.29, 1.82) is 0 Å². The van der Waals surface area contributed by atoms with E-state index >= 15 is 0 Å². The van der Waals surface area contributed by atoms with Crippen molar-refractivity contribution in [2.75, 3.05) is 6.61 Å². The summed E-state index contributed by atoms with van der Waals surface area (Å²) in [6.45, 7) is 11.2. The van der Waals surface area contributed by atoms with Crippen molar-refractivity contribution in [3.8, 4) is 0 Å². The fourth-order valence-electron chi connectivity index (χ4n) is 2.11. The number of esters is 1. The highest BCUT2D eigenvalue weighted by Gasteiger charge is 2.43. The van der Waals surface area contributed by atoms with Gasteiger partial charge in [-0.2, -0.15) is 4.79 Å². The molecule has 0 aliphatic heterocycles. The predicted molar refractivity (Wildman–Crippen MR) is 68.1 cm³/mol. The Labute approximate surface area is 108 Å². The Hall–Kier alpha value is -1.48. The number of ether oxygens (including phenoxy) is 1. The van der Waals surface area contributed by atoms with Crippen LogP contribution in [0.4, 0.5) is 0 Å². The van der Waals surface area contributed by atoms with Crippen LogP contribution in [0.25, 0.3) is 5.53 Å².